The van der Waals surface area contributed by atoms with Crippen LogP contribution in [0.3, 0.4) is 0 Å². The fourth-order valence-corrected chi connectivity index (χ4v) is 4.07. The van der Waals surface area contributed by atoms with Crippen LogP contribution in [0.15, 0.2) is 84.9 Å². The second-order valence-corrected chi connectivity index (χ2v) is 7.37. The molecule has 0 aromatic heterocycles. The van der Waals surface area contributed by atoms with Gasteiger partial charge in [-0.3, -0.25) is 4.79 Å². The molecule has 29 heavy (non-hydrogen) atoms. The number of rotatable bonds is 7. The molecule has 1 aliphatic heterocycles. The zero-order valence-electron chi connectivity index (χ0n) is 16.4. The molecular weight excluding hydrogens is 362 g/mol. The second kappa shape index (κ2) is 8.50. The fourth-order valence-electron chi connectivity index (χ4n) is 4.07. The Hall–Kier alpha value is -3.11. The molecule has 3 atom stereocenters. The molecule has 1 heterocycles. The van der Waals surface area contributed by atoms with Crippen LogP contribution in [0.25, 0.3) is 0 Å². The molecule has 4 nitrogen and oxygen atoms in total. The monoisotopic (exact) mass is 387 g/mol. The summed E-state index contributed by atoms with van der Waals surface area (Å²) in [6.45, 7) is 0. The third kappa shape index (κ3) is 3.89. The van der Waals surface area contributed by atoms with Crippen LogP contribution in [0.1, 0.15) is 36.1 Å². The Morgan fingerprint density at radius 2 is 1.55 bits per heavy atom. The van der Waals surface area contributed by atoms with E-state index in [4.69, 9.17) is 4.74 Å². The Kier molecular flexibility index (Phi) is 5.63. The Bertz CT molecular complexity index is 941. The highest BCUT2D eigenvalue weighted by molar-refractivity contribution is 6.03. The van der Waals surface area contributed by atoms with E-state index in [1.54, 1.807) is 7.11 Å². The molecule has 0 radical (unpaired) electrons. The molecule has 1 aliphatic rings. The second-order valence-electron chi connectivity index (χ2n) is 7.37. The zero-order chi connectivity index (χ0) is 20.2. The molecule has 0 spiro atoms. The summed E-state index contributed by atoms with van der Waals surface area (Å²) in [5.41, 5.74) is 2.87. The number of nitrogens with zero attached hydrogens (tertiary/aromatic N) is 1. The quantitative estimate of drug-likeness (QED) is 0.586. The summed E-state index contributed by atoms with van der Waals surface area (Å²) in [5, 5.41) is 10.5. The van der Waals surface area contributed by atoms with E-state index >= 15 is 0 Å². The van der Waals surface area contributed by atoms with Gasteiger partial charge in [0, 0.05) is 5.69 Å². The number of para-hydroxylation sites is 1. The van der Waals surface area contributed by atoms with Crippen LogP contribution in [0, 0.1) is 5.92 Å². The maximum atomic E-state index is 13.0. The van der Waals surface area contributed by atoms with E-state index in [0.717, 1.165) is 22.6 Å². The summed E-state index contributed by atoms with van der Waals surface area (Å²) in [4.78, 5) is 14.9. The van der Waals surface area contributed by atoms with Gasteiger partial charge in [-0.1, -0.05) is 60.7 Å². The van der Waals surface area contributed by atoms with Crippen molar-refractivity contribution in [3.8, 4) is 5.75 Å². The predicted molar refractivity (Wildman–Crippen MR) is 114 cm³/mol. The zero-order valence-corrected chi connectivity index (χ0v) is 16.4. The van der Waals surface area contributed by atoms with Crippen molar-refractivity contribution in [1.82, 2.24) is 0 Å². The number of carbonyl (C=O) groups excluding carboxylic acids is 1. The fraction of sp³-hybridized carbons (Fsp3) is 0.240. The lowest BCUT2D eigenvalue weighted by molar-refractivity contribution is -0.131. The van der Waals surface area contributed by atoms with Gasteiger partial charge in [0.1, 0.15) is 5.75 Å². The van der Waals surface area contributed by atoms with Gasteiger partial charge in [0.05, 0.1) is 25.2 Å². The first-order valence-corrected chi connectivity index (χ1v) is 9.94. The van der Waals surface area contributed by atoms with E-state index in [0.29, 0.717) is 12.8 Å². The van der Waals surface area contributed by atoms with Crippen LogP contribution in [0.4, 0.5) is 5.69 Å². The molecule has 1 saturated heterocycles. The predicted octanol–water partition coefficient (Wildman–Crippen LogP) is 4.91. The molecule has 0 aliphatic carbocycles. The molecule has 3 aromatic carbocycles. The lowest BCUT2D eigenvalue weighted by Crippen LogP contribution is -2.55. The van der Waals surface area contributed by atoms with Crippen molar-refractivity contribution in [2.45, 2.75) is 25.0 Å². The average molecular weight is 387 g/mol. The standard InChI is InChI=1S/C25H25NO3/c1-29-21-14-12-19(13-15-21)24-22(16-17-23(27)18-8-4-2-5-9-18)25(28)26(24)20-10-6-3-7-11-20/h2-15,22-24,27H,16-17H2,1H3/t22-,23?,24-/m1/s1. The molecule has 1 amide bonds. The smallest absolute Gasteiger partial charge is 0.233 e. The number of benzene rings is 3. The van der Waals surface area contributed by atoms with E-state index in [9.17, 15) is 9.90 Å². The summed E-state index contributed by atoms with van der Waals surface area (Å²) in [6.07, 6.45) is 0.622. The van der Waals surface area contributed by atoms with Gasteiger partial charge < -0.3 is 14.7 Å². The first-order chi connectivity index (χ1) is 14.2. The van der Waals surface area contributed by atoms with Gasteiger partial charge in [-0.2, -0.15) is 0 Å². The van der Waals surface area contributed by atoms with Crippen molar-refractivity contribution in [1.29, 1.82) is 0 Å². The topological polar surface area (TPSA) is 49.8 Å². The van der Waals surface area contributed by atoms with Gasteiger partial charge in [0.15, 0.2) is 0 Å². The highest BCUT2D eigenvalue weighted by Gasteiger charge is 2.48. The molecule has 148 valence electrons. The molecular formula is C25H25NO3. The average Bonchev–Trinajstić information content (AvgIpc) is 2.78. The number of hydrogen-bond donors (Lipinski definition) is 1. The van der Waals surface area contributed by atoms with Crippen LogP contribution in [-0.2, 0) is 4.79 Å². The molecule has 0 saturated carbocycles. The summed E-state index contributed by atoms with van der Waals surface area (Å²) in [7, 11) is 1.64. The van der Waals surface area contributed by atoms with Crippen LogP contribution >= 0.6 is 0 Å². The van der Waals surface area contributed by atoms with Gasteiger partial charge in [-0.15, -0.1) is 0 Å². The normalized spacial score (nSPS) is 19.5. The van der Waals surface area contributed by atoms with Gasteiger partial charge in [-0.05, 0) is 48.2 Å². The van der Waals surface area contributed by atoms with Crippen LogP contribution < -0.4 is 9.64 Å². The molecule has 3 aromatic rings. The van der Waals surface area contributed by atoms with Crippen molar-refractivity contribution in [3.05, 3.63) is 96.1 Å². The van der Waals surface area contributed by atoms with E-state index < -0.39 is 6.10 Å². The number of amides is 1. The highest BCUT2D eigenvalue weighted by atomic mass is 16.5. The number of hydrogen-bond acceptors (Lipinski definition) is 3. The number of carbonyl (C=O) groups is 1. The van der Waals surface area contributed by atoms with Crippen molar-refractivity contribution >= 4 is 11.6 Å². The molecule has 4 heteroatoms. The first kappa shape index (κ1) is 19.2. The van der Waals surface area contributed by atoms with E-state index in [2.05, 4.69) is 0 Å². The number of aliphatic hydroxyl groups is 1. The van der Waals surface area contributed by atoms with E-state index in [1.807, 2.05) is 89.8 Å². The Morgan fingerprint density at radius 3 is 2.17 bits per heavy atom. The molecule has 4 rings (SSSR count). The van der Waals surface area contributed by atoms with Gasteiger partial charge in [0.2, 0.25) is 5.91 Å². The summed E-state index contributed by atoms with van der Waals surface area (Å²) in [5.74, 6) is 0.751. The molecule has 1 unspecified atom stereocenters. The lowest BCUT2D eigenvalue weighted by atomic mass is 9.78. The maximum Gasteiger partial charge on any atom is 0.233 e. The maximum absolute atomic E-state index is 13.0. The Balaban J connectivity index is 1.55. The lowest BCUT2D eigenvalue weighted by Gasteiger charge is -2.48. The number of anilines is 1. The number of β-lactam (4-membered cyclic amide) rings is 1. The third-order valence-electron chi connectivity index (χ3n) is 5.64. The van der Waals surface area contributed by atoms with Crippen molar-refractivity contribution in [3.63, 3.8) is 0 Å². The van der Waals surface area contributed by atoms with Crippen molar-refractivity contribution in [2.24, 2.45) is 5.92 Å². The highest BCUT2D eigenvalue weighted by Crippen LogP contribution is 2.46. The summed E-state index contributed by atoms with van der Waals surface area (Å²) >= 11 is 0. The number of ether oxygens (including phenoxy) is 1. The number of aliphatic hydroxyl groups excluding tert-OH is 1. The van der Waals surface area contributed by atoms with Gasteiger partial charge in [-0.25, -0.2) is 0 Å². The molecule has 1 fully saturated rings. The third-order valence-corrected chi connectivity index (χ3v) is 5.64. The molecule has 0 bridgehead atoms. The summed E-state index contributed by atoms with van der Waals surface area (Å²) in [6, 6.07) is 27.2. The molecule has 1 N–H and O–H groups in total. The SMILES string of the molecule is COc1ccc([C@@H]2[C@@H](CCC(O)c3ccccc3)C(=O)N2c2ccccc2)cc1. The van der Waals surface area contributed by atoms with Gasteiger partial charge >= 0.3 is 0 Å². The minimum Gasteiger partial charge on any atom is -0.497 e. The minimum absolute atomic E-state index is 0.0428. The Labute approximate surface area is 171 Å². The van der Waals surface area contributed by atoms with E-state index in [1.165, 1.54) is 0 Å². The van der Waals surface area contributed by atoms with Crippen LogP contribution in [0.2, 0.25) is 0 Å². The minimum atomic E-state index is -0.564. The van der Waals surface area contributed by atoms with Gasteiger partial charge in [0.25, 0.3) is 0 Å². The summed E-state index contributed by atoms with van der Waals surface area (Å²) < 4.78 is 5.27. The largest absolute Gasteiger partial charge is 0.497 e. The van der Waals surface area contributed by atoms with Crippen LogP contribution in [-0.4, -0.2) is 18.1 Å². The number of methoxy groups -OCH3 is 1. The first-order valence-electron chi connectivity index (χ1n) is 9.94. The van der Waals surface area contributed by atoms with E-state index in [-0.39, 0.29) is 17.9 Å². The van der Waals surface area contributed by atoms with Crippen LogP contribution in [0.5, 0.6) is 5.75 Å². The Morgan fingerprint density at radius 1 is 0.931 bits per heavy atom. The van der Waals surface area contributed by atoms with Crippen molar-refractivity contribution in [2.75, 3.05) is 12.0 Å². The van der Waals surface area contributed by atoms with Crippen molar-refractivity contribution < 1.29 is 14.6 Å².